The number of hydrogen-bond donors (Lipinski definition) is 1. The fourth-order valence-electron chi connectivity index (χ4n) is 5.15. The highest BCUT2D eigenvalue weighted by Crippen LogP contribution is 2.13. The SMILES string of the molecule is CC/C=C\CCCCOC(CCCCCCCN(CCO)CCCCCOC)OCCCC/C=C\CC.CCCCCC#CCCOC=O. The van der Waals surface area contributed by atoms with Crippen LogP contribution in [0.2, 0.25) is 0 Å². The lowest BCUT2D eigenvalue weighted by Crippen LogP contribution is -2.29. The van der Waals surface area contributed by atoms with Crippen LogP contribution in [0.3, 0.4) is 0 Å². The van der Waals surface area contributed by atoms with Gasteiger partial charge in [-0.1, -0.05) is 83.1 Å². The topological polar surface area (TPSA) is 77.5 Å². The molecule has 0 bridgehead atoms. The van der Waals surface area contributed by atoms with Gasteiger partial charge in [-0.25, -0.2) is 0 Å². The van der Waals surface area contributed by atoms with Crippen LogP contribution >= 0.6 is 0 Å². The van der Waals surface area contributed by atoms with E-state index in [1.807, 2.05) is 0 Å². The lowest BCUT2D eigenvalue weighted by molar-refractivity contribution is -0.147. The minimum Gasteiger partial charge on any atom is -0.467 e. The van der Waals surface area contributed by atoms with Gasteiger partial charge in [0.1, 0.15) is 6.61 Å². The van der Waals surface area contributed by atoms with Gasteiger partial charge in [0, 0.05) is 46.3 Å². The quantitative estimate of drug-likeness (QED) is 0.0230. The molecule has 0 radical (unpaired) electrons. The maximum Gasteiger partial charge on any atom is 0.293 e. The number of ether oxygens (including phenoxy) is 4. The van der Waals surface area contributed by atoms with Crippen molar-refractivity contribution in [3.8, 4) is 11.8 Å². The van der Waals surface area contributed by atoms with Crippen LogP contribution in [0.4, 0.5) is 0 Å². The summed E-state index contributed by atoms with van der Waals surface area (Å²) in [6, 6.07) is 0. The van der Waals surface area contributed by atoms with Gasteiger partial charge in [0.25, 0.3) is 6.47 Å². The first-order chi connectivity index (χ1) is 24.2. The third-order valence-corrected chi connectivity index (χ3v) is 8.04. The van der Waals surface area contributed by atoms with Gasteiger partial charge < -0.3 is 29.0 Å². The van der Waals surface area contributed by atoms with Crippen LogP contribution in [0.25, 0.3) is 0 Å². The highest BCUT2D eigenvalue weighted by Gasteiger charge is 2.10. The normalized spacial score (nSPS) is 11.3. The minimum absolute atomic E-state index is 0.0458. The summed E-state index contributed by atoms with van der Waals surface area (Å²) in [7, 11) is 1.77. The molecule has 0 aliphatic heterocycles. The molecule has 0 unspecified atom stereocenters. The number of hydrogen-bond acceptors (Lipinski definition) is 7. The molecular weight excluding hydrogens is 614 g/mol. The summed E-state index contributed by atoms with van der Waals surface area (Å²) in [6.45, 7) is 13.1. The third kappa shape index (κ3) is 44.3. The smallest absolute Gasteiger partial charge is 0.293 e. The van der Waals surface area contributed by atoms with Crippen molar-refractivity contribution in [2.75, 3.05) is 59.8 Å². The highest BCUT2D eigenvalue weighted by molar-refractivity contribution is 5.36. The Balaban J connectivity index is 0. The van der Waals surface area contributed by atoms with Gasteiger partial charge in [-0.3, -0.25) is 4.79 Å². The molecule has 0 atom stereocenters. The number of carbonyl (C=O) groups excluding carboxylic acids is 1. The molecule has 0 saturated carbocycles. The van der Waals surface area contributed by atoms with E-state index in [2.05, 4.69) is 66.6 Å². The molecule has 7 nitrogen and oxygen atoms in total. The Bertz CT molecular complexity index is 723. The summed E-state index contributed by atoms with van der Waals surface area (Å²) in [4.78, 5) is 12.1. The molecule has 1 N–H and O–H groups in total. The number of carbonyl (C=O) groups is 1. The summed E-state index contributed by atoms with van der Waals surface area (Å²) in [6.07, 6.45) is 34.1. The summed E-state index contributed by atoms with van der Waals surface area (Å²) < 4.78 is 21.9. The van der Waals surface area contributed by atoms with Crippen LogP contribution in [0, 0.1) is 11.8 Å². The van der Waals surface area contributed by atoms with E-state index < -0.39 is 0 Å². The molecule has 7 heteroatoms. The summed E-state index contributed by atoms with van der Waals surface area (Å²) >= 11 is 0. The molecule has 0 aliphatic rings. The predicted molar refractivity (Wildman–Crippen MR) is 208 cm³/mol. The van der Waals surface area contributed by atoms with Gasteiger partial charge in [-0.05, 0) is 109 Å². The average molecular weight is 694 g/mol. The minimum atomic E-state index is -0.0458. The van der Waals surface area contributed by atoms with Crippen molar-refractivity contribution in [1.29, 1.82) is 0 Å². The van der Waals surface area contributed by atoms with E-state index in [9.17, 15) is 9.90 Å². The Morgan fingerprint density at radius 3 is 1.76 bits per heavy atom. The Hall–Kier alpha value is -1.69. The van der Waals surface area contributed by atoms with Crippen molar-refractivity contribution in [2.24, 2.45) is 0 Å². The van der Waals surface area contributed by atoms with Crippen molar-refractivity contribution in [1.82, 2.24) is 4.90 Å². The monoisotopic (exact) mass is 694 g/mol. The van der Waals surface area contributed by atoms with Crippen molar-refractivity contribution in [3.05, 3.63) is 24.3 Å². The zero-order valence-electron chi connectivity index (χ0n) is 32.6. The van der Waals surface area contributed by atoms with Gasteiger partial charge in [-0.2, -0.15) is 0 Å². The molecule has 0 aromatic carbocycles. The summed E-state index contributed by atoms with van der Waals surface area (Å²) in [5, 5.41) is 9.36. The number of allylic oxidation sites excluding steroid dienone is 4. The van der Waals surface area contributed by atoms with Crippen LogP contribution < -0.4 is 0 Å². The van der Waals surface area contributed by atoms with Gasteiger partial charge in [-0.15, -0.1) is 5.92 Å². The predicted octanol–water partition coefficient (Wildman–Crippen LogP) is 10.2. The molecule has 0 spiro atoms. The fourth-order valence-corrected chi connectivity index (χ4v) is 5.15. The van der Waals surface area contributed by atoms with E-state index in [0.29, 0.717) is 19.5 Å². The Morgan fingerprint density at radius 1 is 0.612 bits per heavy atom. The van der Waals surface area contributed by atoms with Crippen LogP contribution in [-0.4, -0.2) is 82.5 Å². The molecule has 0 saturated heterocycles. The van der Waals surface area contributed by atoms with E-state index in [4.69, 9.17) is 14.2 Å². The van der Waals surface area contributed by atoms with Crippen LogP contribution in [0.5, 0.6) is 0 Å². The van der Waals surface area contributed by atoms with Crippen molar-refractivity contribution in [3.63, 3.8) is 0 Å². The molecule has 0 amide bonds. The standard InChI is InChI=1S/C32H63NO4.C10H16O2/c1-4-6-8-10-15-22-30-36-32(37-31-23-16-11-9-7-5-2)24-18-13-12-14-19-25-33(27-28-34)26-20-17-21-29-35-3;1-2-3-4-5-6-7-8-9-12-10-11/h6-9,32,34H,4-5,10-31H2,1-3H3;10H,2-5,8-9H2,1H3/b8-6-,9-7-;. The fraction of sp³-hybridized carbons (Fsp3) is 0.833. The lowest BCUT2D eigenvalue weighted by atomic mass is 10.1. The molecule has 49 heavy (non-hydrogen) atoms. The number of nitrogens with zero attached hydrogens (tertiary/aromatic N) is 1. The number of unbranched alkanes of at least 4 members (excludes halogenated alkanes) is 13. The van der Waals surface area contributed by atoms with Gasteiger partial charge in [0.05, 0.1) is 6.61 Å². The van der Waals surface area contributed by atoms with Gasteiger partial charge >= 0.3 is 0 Å². The molecule has 0 aromatic heterocycles. The zero-order chi connectivity index (χ0) is 36.1. The summed E-state index contributed by atoms with van der Waals surface area (Å²) in [5.74, 6) is 5.98. The molecule has 0 aliphatic carbocycles. The van der Waals surface area contributed by atoms with Crippen LogP contribution in [-0.2, 0) is 23.7 Å². The second kappa shape index (κ2) is 46.3. The van der Waals surface area contributed by atoms with Gasteiger partial charge in [0.2, 0.25) is 0 Å². The molecule has 0 heterocycles. The van der Waals surface area contributed by atoms with E-state index in [1.54, 1.807) is 7.11 Å². The van der Waals surface area contributed by atoms with Crippen molar-refractivity contribution < 1.29 is 28.8 Å². The molecule has 0 rings (SSSR count). The first-order valence-corrected chi connectivity index (χ1v) is 20.1. The van der Waals surface area contributed by atoms with E-state index >= 15 is 0 Å². The van der Waals surface area contributed by atoms with Crippen molar-refractivity contribution in [2.45, 2.75) is 168 Å². The largest absolute Gasteiger partial charge is 0.467 e. The maximum absolute atomic E-state index is 9.71. The molecular formula is C42H79NO6. The Labute approximate surface area is 303 Å². The number of aliphatic hydroxyl groups is 1. The van der Waals surface area contributed by atoms with Crippen LogP contribution in [0.1, 0.15) is 162 Å². The van der Waals surface area contributed by atoms with E-state index in [0.717, 1.165) is 97.2 Å². The molecule has 0 aromatic rings. The zero-order valence-corrected chi connectivity index (χ0v) is 32.6. The first-order valence-electron chi connectivity index (χ1n) is 20.1. The second-order valence-corrected chi connectivity index (χ2v) is 12.6. The molecule has 0 fully saturated rings. The summed E-state index contributed by atoms with van der Waals surface area (Å²) in [5.41, 5.74) is 0. The number of methoxy groups -OCH3 is 1. The first kappa shape index (κ1) is 49.4. The second-order valence-electron chi connectivity index (χ2n) is 12.6. The van der Waals surface area contributed by atoms with Gasteiger partial charge in [0.15, 0.2) is 6.29 Å². The van der Waals surface area contributed by atoms with E-state index in [1.165, 1.54) is 77.0 Å². The number of aliphatic hydroxyl groups excluding tert-OH is 1. The van der Waals surface area contributed by atoms with Crippen LogP contribution in [0.15, 0.2) is 24.3 Å². The lowest BCUT2D eigenvalue weighted by Gasteiger charge is -2.21. The number of rotatable bonds is 36. The van der Waals surface area contributed by atoms with Crippen molar-refractivity contribution >= 4 is 6.47 Å². The molecule has 288 valence electrons. The van der Waals surface area contributed by atoms with E-state index in [-0.39, 0.29) is 12.9 Å². The average Bonchev–Trinajstić information content (AvgIpc) is 3.11. The highest BCUT2D eigenvalue weighted by atomic mass is 16.7. The Kier molecular flexibility index (Phi) is 46.7. The third-order valence-electron chi connectivity index (χ3n) is 8.04. The maximum atomic E-state index is 9.71. The Morgan fingerprint density at radius 2 is 1.18 bits per heavy atom.